The van der Waals surface area contributed by atoms with E-state index in [1.807, 2.05) is 11.3 Å². The zero-order valence-corrected chi connectivity index (χ0v) is 37.1. The summed E-state index contributed by atoms with van der Waals surface area (Å²) in [6, 6.07) is 74.7. The van der Waals surface area contributed by atoms with Crippen molar-refractivity contribution in [2.45, 2.75) is 6.92 Å². The summed E-state index contributed by atoms with van der Waals surface area (Å²) in [5.41, 5.74) is 16.1. The van der Waals surface area contributed by atoms with Crippen LogP contribution in [0.5, 0.6) is 23.0 Å². The largest absolute Gasteiger partial charge is 0.458 e. The van der Waals surface area contributed by atoms with Crippen LogP contribution < -0.4 is 25.9 Å². The van der Waals surface area contributed by atoms with Crippen LogP contribution in [0.3, 0.4) is 0 Å². The minimum atomic E-state index is -0.102. The number of hydrogen-bond donors (Lipinski definition) is 0. The predicted octanol–water partition coefficient (Wildman–Crippen LogP) is 14.6. The summed E-state index contributed by atoms with van der Waals surface area (Å²) in [6.07, 6.45) is 0. The fourth-order valence-corrected chi connectivity index (χ4v) is 12.8. The predicted molar refractivity (Wildman–Crippen MR) is 281 cm³/mol. The summed E-state index contributed by atoms with van der Waals surface area (Å²) in [4.78, 5) is 0. The lowest BCUT2D eigenvalue weighted by atomic mass is 9.35. The van der Waals surface area contributed by atoms with Crippen molar-refractivity contribution >= 4 is 98.2 Å². The standard InChI is InChI=1S/C61H37BN2O2S/c1-36-31-46-45-21-10-13-25-51(45)64(60(46)61-57(36)58-42(22-14-26-56(58)67-61)38-17-6-3-7-18-38)40-28-30-48-53(33-40)66-55-35-41(63-49-23-11-8-19-43(49)44-20-9-12-24-50(44)63)34-54-59(55)62(48)47-29-27-39(32-52(47)65-54)37-15-4-2-5-16-37/h2-35H,1H3. The van der Waals surface area contributed by atoms with E-state index in [0.29, 0.717) is 0 Å². The highest BCUT2D eigenvalue weighted by Gasteiger charge is 2.41. The van der Waals surface area contributed by atoms with Crippen LogP contribution in [0.4, 0.5) is 0 Å². The molecule has 0 unspecified atom stereocenters. The van der Waals surface area contributed by atoms with E-state index in [1.165, 1.54) is 69.4 Å². The number of benzene rings is 10. The molecule has 0 N–H and O–H groups in total. The van der Waals surface area contributed by atoms with E-state index in [2.05, 4.69) is 222 Å². The lowest BCUT2D eigenvalue weighted by molar-refractivity contribution is 0.464. The minimum absolute atomic E-state index is 0.102. The van der Waals surface area contributed by atoms with Crippen molar-refractivity contribution < 1.29 is 9.47 Å². The summed E-state index contributed by atoms with van der Waals surface area (Å²) < 4.78 is 21.7. The van der Waals surface area contributed by atoms with E-state index >= 15 is 0 Å². The molecule has 0 fully saturated rings. The highest BCUT2D eigenvalue weighted by atomic mass is 32.1. The number of ether oxygens (including phenoxy) is 2. The zero-order valence-electron chi connectivity index (χ0n) is 36.3. The molecule has 15 rings (SSSR count). The van der Waals surface area contributed by atoms with Gasteiger partial charge in [-0.1, -0.05) is 146 Å². The van der Waals surface area contributed by atoms with Gasteiger partial charge in [0.2, 0.25) is 0 Å². The Hall–Kier alpha value is -8.32. The maximum atomic E-state index is 7.27. The topological polar surface area (TPSA) is 28.3 Å². The molecule has 0 bridgehead atoms. The smallest absolute Gasteiger partial charge is 0.260 e. The first-order valence-electron chi connectivity index (χ1n) is 22.9. The molecule has 0 saturated carbocycles. The van der Waals surface area contributed by atoms with Crippen molar-refractivity contribution in [2.24, 2.45) is 0 Å². The molecule has 2 aliphatic rings. The maximum absolute atomic E-state index is 7.27. The average Bonchev–Trinajstić information content (AvgIpc) is 4.05. The molecule has 312 valence electrons. The van der Waals surface area contributed by atoms with Crippen LogP contribution in [0, 0.1) is 6.92 Å². The van der Waals surface area contributed by atoms with Gasteiger partial charge < -0.3 is 18.6 Å². The molecule has 4 nitrogen and oxygen atoms in total. The number of rotatable bonds is 4. The van der Waals surface area contributed by atoms with E-state index < -0.39 is 0 Å². The Morgan fingerprint density at radius 2 is 0.985 bits per heavy atom. The molecule has 67 heavy (non-hydrogen) atoms. The minimum Gasteiger partial charge on any atom is -0.458 e. The Morgan fingerprint density at radius 1 is 0.418 bits per heavy atom. The van der Waals surface area contributed by atoms with Crippen molar-refractivity contribution in [3.05, 3.63) is 212 Å². The van der Waals surface area contributed by atoms with E-state index in [0.717, 1.165) is 72.9 Å². The highest BCUT2D eigenvalue weighted by molar-refractivity contribution is 7.26. The van der Waals surface area contributed by atoms with E-state index in [1.54, 1.807) is 0 Å². The van der Waals surface area contributed by atoms with Gasteiger partial charge in [0, 0.05) is 66.4 Å². The molecule has 0 radical (unpaired) electrons. The van der Waals surface area contributed by atoms with Crippen LogP contribution in [0.2, 0.25) is 0 Å². The van der Waals surface area contributed by atoms with Gasteiger partial charge in [-0.15, -0.1) is 11.3 Å². The van der Waals surface area contributed by atoms with Crippen LogP contribution in [0.1, 0.15) is 5.56 Å². The molecule has 2 aliphatic heterocycles. The molecule has 10 aromatic carbocycles. The van der Waals surface area contributed by atoms with Gasteiger partial charge in [-0.3, -0.25) is 0 Å². The molecular weight excluding hydrogens is 836 g/mol. The van der Waals surface area contributed by atoms with Crippen molar-refractivity contribution in [3.63, 3.8) is 0 Å². The number of para-hydroxylation sites is 3. The Labute approximate surface area is 390 Å². The van der Waals surface area contributed by atoms with Crippen LogP contribution in [-0.4, -0.2) is 15.8 Å². The summed E-state index contributed by atoms with van der Waals surface area (Å²) in [7, 11) is 0. The molecule has 0 atom stereocenters. The second kappa shape index (κ2) is 13.8. The normalized spacial score (nSPS) is 12.8. The molecule has 5 heterocycles. The third-order valence-electron chi connectivity index (χ3n) is 14.3. The summed E-state index contributed by atoms with van der Waals surface area (Å²) in [5.74, 6) is 3.32. The summed E-state index contributed by atoms with van der Waals surface area (Å²) >= 11 is 1.90. The van der Waals surface area contributed by atoms with Gasteiger partial charge in [0.25, 0.3) is 6.71 Å². The highest BCUT2D eigenvalue weighted by Crippen LogP contribution is 2.48. The molecule has 6 heteroatoms. The Morgan fingerprint density at radius 3 is 1.67 bits per heavy atom. The quantitative estimate of drug-likeness (QED) is 0.165. The number of aryl methyl sites for hydroxylation is 1. The Kier molecular flexibility index (Phi) is 7.64. The van der Waals surface area contributed by atoms with Gasteiger partial charge in [-0.2, -0.15) is 0 Å². The second-order valence-corrected chi connectivity index (χ2v) is 19.0. The van der Waals surface area contributed by atoms with Crippen molar-refractivity contribution in [2.75, 3.05) is 0 Å². The van der Waals surface area contributed by atoms with Crippen LogP contribution in [0.15, 0.2) is 206 Å². The Balaban J connectivity index is 0.976. The van der Waals surface area contributed by atoms with Gasteiger partial charge in [0.05, 0.1) is 32.5 Å². The maximum Gasteiger partial charge on any atom is 0.260 e. The van der Waals surface area contributed by atoms with Crippen molar-refractivity contribution in [1.82, 2.24) is 9.13 Å². The van der Waals surface area contributed by atoms with Gasteiger partial charge in [0.15, 0.2) is 0 Å². The lowest BCUT2D eigenvalue weighted by Crippen LogP contribution is -2.57. The monoisotopic (exact) mass is 872 g/mol. The second-order valence-electron chi connectivity index (χ2n) is 18.0. The van der Waals surface area contributed by atoms with Crippen molar-refractivity contribution in [3.8, 4) is 56.6 Å². The number of thiophene rings is 1. The SMILES string of the molecule is Cc1cc2c3ccccc3n(-c3ccc4c(c3)Oc3cc(-n5c6ccccc6c6ccccc65)cc5c3B4c3ccc(-c4ccccc4)cc3O5)c2c2sc3cccc(-c4ccccc4)c3c12. The van der Waals surface area contributed by atoms with Gasteiger partial charge >= 0.3 is 0 Å². The van der Waals surface area contributed by atoms with Gasteiger partial charge in [-0.05, 0) is 88.1 Å². The fourth-order valence-electron chi connectivity index (χ4n) is 11.5. The first kappa shape index (κ1) is 37.0. The molecule has 0 spiro atoms. The zero-order chi connectivity index (χ0) is 43.9. The van der Waals surface area contributed by atoms with Gasteiger partial charge in [-0.25, -0.2) is 0 Å². The lowest BCUT2D eigenvalue weighted by Gasteiger charge is -2.34. The van der Waals surface area contributed by atoms with E-state index in [-0.39, 0.29) is 6.71 Å². The molecule has 0 aliphatic carbocycles. The molecule has 0 saturated heterocycles. The van der Waals surface area contributed by atoms with E-state index in [4.69, 9.17) is 9.47 Å². The van der Waals surface area contributed by atoms with Gasteiger partial charge in [0.1, 0.15) is 23.0 Å². The Bertz CT molecular complexity index is 4190. The van der Waals surface area contributed by atoms with Crippen LogP contribution in [0.25, 0.3) is 97.4 Å². The molecule has 0 amide bonds. The molecule has 13 aromatic rings. The number of nitrogens with zero attached hydrogens (tertiary/aromatic N) is 2. The third kappa shape index (κ3) is 5.24. The molecule has 3 aromatic heterocycles. The van der Waals surface area contributed by atoms with Crippen LogP contribution >= 0.6 is 11.3 Å². The summed E-state index contributed by atoms with van der Waals surface area (Å²) in [6.45, 7) is 2.18. The third-order valence-corrected chi connectivity index (χ3v) is 15.5. The van der Waals surface area contributed by atoms with Crippen LogP contribution in [-0.2, 0) is 0 Å². The number of hydrogen-bond acceptors (Lipinski definition) is 3. The van der Waals surface area contributed by atoms with Crippen molar-refractivity contribution in [1.29, 1.82) is 0 Å². The van der Waals surface area contributed by atoms with E-state index in [9.17, 15) is 0 Å². The first-order chi connectivity index (χ1) is 33.1. The summed E-state index contributed by atoms with van der Waals surface area (Å²) in [5, 5.41) is 7.55. The average molecular weight is 873 g/mol. The first-order valence-corrected chi connectivity index (χ1v) is 23.8. The number of fused-ring (bicyclic) bond motifs is 14. The molecular formula is C61H37BN2O2S. The fraction of sp³-hybridized carbons (Fsp3) is 0.0164. The number of aromatic nitrogens is 2.